The van der Waals surface area contributed by atoms with E-state index in [-0.39, 0.29) is 44.2 Å². The van der Waals surface area contributed by atoms with Crippen molar-refractivity contribution in [2.24, 2.45) is 40.5 Å². The number of Topliss-reactive ketones (excluding diaryl/α,β-unsaturated/α-hetero) is 1. The van der Waals surface area contributed by atoms with Gasteiger partial charge in [0.1, 0.15) is 36.1 Å². The number of nitrogens with two attached hydrogens (primary N) is 5. The van der Waals surface area contributed by atoms with Crippen molar-refractivity contribution in [1.82, 2.24) is 5.32 Å². The van der Waals surface area contributed by atoms with Gasteiger partial charge in [-0.2, -0.15) is 0 Å². The Kier molecular flexibility index (Phi) is 11.7. The molecule has 2 aliphatic heterocycles. The lowest BCUT2D eigenvalue weighted by atomic mass is 9.69. The average Bonchev–Trinajstić information content (AvgIpc) is 2.97. The van der Waals surface area contributed by atoms with Crippen molar-refractivity contribution in [1.29, 1.82) is 0 Å². The molecule has 5 rings (SSSR count). The van der Waals surface area contributed by atoms with Crippen molar-refractivity contribution >= 4 is 5.78 Å². The zero-order valence-electron chi connectivity index (χ0n) is 26.0. The fourth-order valence-electron chi connectivity index (χ4n) is 7.52. The van der Waals surface area contributed by atoms with Crippen LogP contribution in [0.15, 0.2) is 0 Å². The number of carbonyl (C=O) groups is 1. The Balaban J connectivity index is 1.28. The first kappa shape index (κ1) is 36.3. The van der Waals surface area contributed by atoms with Crippen molar-refractivity contribution < 1.29 is 54.4 Å². The topological polar surface area (TPSA) is 318 Å². The first-order chi connectivity index (χ1) is 21.7. The van der Waals surface area contributed by atoms with Crippen molar-refractivity contribution in [3.63, 3.8) is 0 Å². The van der Waals surface area contributed by atoms with E-state index in [2.05, 4.69) is 5.32 Å². The summed E-state index contributed by atoms with van der Waals surface area (Å²) in [5, 5.41) is 67.2. The van der Waals surface area contributed by atoms with Gasteiger partial charge in [-0.15, -0.1) is 0 Å². The number of carbonyl (C=O) groups excluding carboxylic acids is 1. The van der Waals surface area contributed by atoms with Crippen LogP contribution in [0.2, 0.25) is 0 Å². The summed E-state index contributed by atoms with van der Waals surface area (Å²) >= 11 is 0. The monoisotopic (exact) mass is 662 g/mol. The number of nitrogens with one attached hydrogen (secondary N) is 1. The normalized spacial score (nSPS) is 51.2. The minimum Gasteiger partial charge on any atom is -0.394 e. The Morgan fingerprint density at radius 1 is 0.783 bits per heavy atom. The van der Waals surface area contributed by atoms with Gasteiger partial charge in [0.2, 0.25) is 0 Å². The molecule has 2 heterocycles. The molecule has 3 aliphatic carbocycles. The third-order valence-electron chi connectivity index (χ3n) is 10.5. The Bertz CT molecular complexity index is 1020. The number of aliphatic hydroxyl groups excluding tert-OH is 5. The first-order valence-corrected chi connectivity index (χ1v) is 16.4. The minimum atomic E-state index is -1.60. The molecule has 0 amide bonds. The van der Waals surface area contributed by atoms with Crippen molar-refractivity contribution in [2.45, 2.75) is 142 Å². The van der Waals surface area contributed by atoms with E-state index in [1.54, 1.807) is 0 Å². The minimum absolute atomic E-state index is 0.0975. The zero-order valence-corrected chi connectivity index (χ0v) is 26.0. The summed E-state index contributed by atoms with van der Waals surface area (Å²) in [7, 11) is 0. The second kappa shape index (κ2) is 14.9. The molecule has 17 N–H and O–H groups in total. The van der Waals surface area contributed by atoms with E-state index in [0.717, 1.165) is 19.4 Å². The maximum atomic E-state index is 13.2. The maximum absolute atomic E-state index is 13.2. The molecule has 5 fully saturated rings. The molecule has 0 radical (unpaired) electrons. The summed E-state index contributed by atoms with van der Waals surface area (Å²) in [4.78, 5) is 13.2. The van der Waals surface area contributed by atoms with Gasteiger partial charge in [0.25, 0.3) is 0 Å². The molecule has 5 aliphatic rings. The maximum Gasteiger partial charge on any atom is 0.186 e. The summed E-state index contributed by atoms with van der Waals surface area (Å²) < 4.78 is 24.0. The summed E-state index contributed by atoms with van der Waals surface area (Å²) in [6, 6.07) is -2.90. The smallest absolute Gasteiger partial charge is 0.186 e. The van der Waals surface area contributed by atoms with Crippen LogP contribution in [0, 0.1) is 11.8 Å². The SMILES string of the molecule is NC1CC(CNC[C@H]2O[C@H](O[C@H]3[C@H](O)[C@@H](O[C@H]4O[C@H](CO)[C@@H](O)[C@H](N)[C@H]4O)[C@H](CC(=O)C4(O)CC(N)C4)C[C@@H]3N)[C@H](N)C[C@@H]2O)C1. The van der Waals surface area contributed by atoms with E-state index in [0.29, 0.717) is 12.5 Å². The van der Waals surface area contributed by atoms with E-state index >= 15 is 0 Å². The third-order valence-corrected chi connectivity index (χ3v) is 10.5. The molecule has 0 aromatic heterocycles. The molecule has 14 atom stereocenters. The molecule has 0 spiro atoms. The van der Waals surface area contributed by atoms with Crippen LogP contribution in [0.4, 0.5) is 0 Å². The lowest BCUT2D eigenvalue weighted by Gasteiger charge is -2.49. The van der Waals surface area contributed by atoms with Crippen LogP contribution < -0.4 is 34.0 Å². The number of aliphatic hydroxyl groups is 6. The fourth-order valence-corrected chi connectivity index (χ4v) is 7.52. The molecule has 3 saturated carbocycles. The number of hydrogen-bond donors (Lipinski definition) is 12. The van der Waals surface area contributed by atoms with Crippen LogP contribution in [-0.4, -0.2) is 153 Å². The highest BCUT2D eigenvalue weighted by atomic mass is 16.7. The molecule has 0 aromatic carbocycles. The largest absolute Gasteiger partial charge is 0.394 e. The Hall–Kier alpha value is -0.970. The molecule has 0 bridgehead atoms. The molecule has 0 unspecified atom stereocenters. The Morgan fingerprint density at radius 2 is 1.43 bits per heavy atom. The molecule has 46 heavy (non-hydrogen) atoms. The quantitative estimate of drug-likeness (QED) is 0.0925. The van der Waals surface area contributed by atoms with E-state index in [1.807, 2.05) is 0 Å². The van der Waals surface area contributed by atoms with Gasteiger partial charge in [0, 0.05) is 31.1 Å². The lowest BCUT2D eigenvalue weighted by Crippen LogP contribution is -2.66. The number of hydrogen-bond acceptors (Lipinski definition) is 17. The van der Waals surface area contributed by atoms with Gasteiger partial charge in [-0.3, -0.25) is 4.79 Å². The lowest BCUT2D eigenvalue weighted by molar-refractivity contribution is -0.320. The molecule has 0 aromatic rings. The van der Waals surface area contributed by atoms with Gasteiger partial charge in [-0.25, -0.2) is 0 Å². The molecule has 17 nitrogen and oxygen atoms in total. The van der Waals surface area contributed by atoms with Crippen LogP contribution in [0.3, 0.4) is 0 Å². The van der Waals surface area contributed by atoms with Crippen LogP contribution in [0.25, 0.3) is 0 Å². The first-order valence-electron chi connectivity index (χ1n) is 16.4. The highest BCUT2D eigenvalue weighted by molar-refractivity contribution is 5.88. The third kappa shape index (κ3) is 7.75. The number of rotatable bonds is 12. The number of ether oxygens (including phenoxy) is 4. The van der Waals surface area contributed by atoms with Crippen molar-refractivity contribution in [3.8, 4) is 0 Å². The van der Waals surface area contributed by atoms with Gasteiger partial charge in [-0.1, -0.05) is 0 Å². The fraction of sp³-hybridized carbons (Fsp3) is 0.966. The summed E-state index contributed by atoms with van der Waals surface area (Å²) in [5.41, 5.74) is 28.9. The summed E-state index contributed by atoms with van der Waals surface area (Å²) in [6.07, 6.45) is -9.88. The standard InChI is InChI=1S/C29H54N6O11/c30-13-1-11(2-13)8-35-9-18-17(37)5-16(33)27(43-18)46-26-15(32)3-12(4-20(38)29(42)6-14(31)7-29)25(24(26)41)45-28-23(40)21(34)22(39)19(10-36)44-28/h11-19,21-28,35-37,39-42H,1-10,30-34H2/t11?,12-,13?,14?,15-,16+,17-,18+,19+,21-,22+,23+,24+,25-,26+,27+,28+,29?/m0/s1. The van der Waals surface area contributed by atoms with Gasteiger partial charge in [-0.05, 0) is 56.9 Å². The predicted octanol–water partition coefficient (Wildman–Crippen LogP) is -5.83. The average molecular weight is 663 g/mol. The van der Waals surface area contributed by atoms with Gasteiger partial charge >= 0.3 is 0 Å². The van der Waals surface area contributed by atoms with Gasteiger partial charge in [0.15, 0.2) is 18.4 Å². The highest BCUT2D eigenvalue weighted by Gasteiger charge is 2.53. The summed E-state index contributed by atoms with van der Waals surface area (Å²) in [5.74, 6) is -0.775. The number of ketones is 1. The zero-order chi connectivity index (χ0) is 33.5. The van der Waals surface area contributed by atoms with E-state index in [9.17, 15) is 35.4 Å². The van der Waals surface area contributed by atoms with Gasteiger partial charge in [0.05, 0.1) is 37.0 Å². The molecule has 266 valence electrons. The Morgan fingerprint density at radius 3 is 2.07 bits per heavy atom. The molecule has 2 saturated heterocycles. The Labute approximate surface area is 268 Å². The van der Waals surface area contributed by atoms with E-state index < -0.39 is 103 Å². The molecule has 17 heteroatoms. The van der Waals surface area contributed by atoms with Crippen molar-refractivity contribution in [3.05, 3.63) is 0 Å². The predicted molar refractivity (Wildman–Crippen MR) is 160 cm³/mol. The van der Waals surface area contributed by atoms with Crippen LogP contribution in [-0.2, 0) is 23.7 Å². The molecular formula is C29H54N6O11. The second-order valence-electron chi connectivity index (χ2n) is 14.2. The van der Waals surface area contributed by atoms with Gasteiger partial charge < -0.3 is 83.6 Å². The van der Waals surface area contributed by atoms with Crippen LogP contribution >= 0.6 is 0 Å². The second-order valence-corrected chi connectivity index (χ2v) is 14.2. The summed E-state index contributed by atoms with van der Waals surface area (Å²) in [6.45, 7) is 0.459. The molecular weight excluding hydrogens is 608 g/mol. The van der Waals surface area contributed by atoms with E-state index in [1.165, 1.54) is 0 Å². The van der Waals surface area contributed by atoms with Crippen molar-refractivity contribution in [2.75, 3.05) is 19.7 Å². The highest BCUT2D eigenvalue weighted by Crippen LogP contribution is 2.39. The van der Waals surface area contributed by atoms with Crippen LogP contribution in [0.5, 0.6) is 0 Å². The van der Waals surface area contributed by atoms with Crippen LogP contribution in [0.1, 0.15) is 44.9 Å². The van der Waals surface area contributed by atoms with E-state index in [4.69, 9.17) is 47.6 Å².